The second-order valence-electron chi connectivity index (χ2n) is 6.22. The number of piperidine rings is 1. The van der Waals surface area contributed by atoms with Crippen LogP contribution in [0.1, 0.15) is 35.7 Å². The van der Waals surface area contributed by atoms with Crippen molar-refractivity contribution in [2.45, 2.75) is 32.6 Å². The second-order valence-corrected chi connectivity index (χ2v) is 7.21. The van der Waals surface area contributed by atoms with E-state index in [2.05, 4.69) is 27.9 Å². The van der Waals surface area contributed by atoms with Crippen molar-refractivity contribution in [3.05, 3.63) is 29.3 Å². The van der Waals surface area contributed by atoms with Crippen molar-refractivity contribution in [2.24, 2.45) is 0 Å². The Hall–Kier alpha value is -2.08. The molecule has 0 unspecified atom stereocenters. The van der Waals surface area contributed by atoms with Gasteiger partial charge in [-0.2, -0.15) is 0 Å². The topological polar surface area (TPSA) is 59.0 Å². The Morgan fingerprint density at radius 2 is 2.04 bits per heavy atom. The number of nitrogens with zero attached hydrogens (tertiary/aromatic N) is 4. The minimum atomic E-state index is 0.395. The number of thiophene rings is 1. The van der Waals surface area contributed by atoms with Gasteiger partial charge in [0, 0.05) is 30.1 Å². The van der Waals surface area contributed by atoms with Crippen molar-refractivity contribution in [3.63, 3.8) is 0 Å². The molecule has 0 radical (unpaired) electrons. The molecule has 6 heteroatoms. The highest BCUT2D eigenvalue weighted by molar-refractivity contribution is 7.25. The number of hydrogen-bond acceptors (Lipinski definition) is 5. The first-order chi connectivity index (χ1) is 11.2. The molecule has 0 saturated carbocycles. The summed E-state index contributed by atoms with van der Waals surface area (Å²) in [4.78, 5) is 27.6. The van der Waals surface area contributed by atoms with Gasteiger partial charge in [-0.15, -0.1) is 11.3 Å². The van der Waals surface area contributed by atoms with E-state index in [0.29, 0.717) is 5.92 Å². The maximum atomic E-state index is 10.9. The molecule has 0 aromatic carbocycles. The zero-order valence-electron chi connectivity index (χ0n) is 13.2. The van der Waals surface area contributed by atoms with Crippen molar-refractivity contribution in [1.29, 1.82) is 0 Å². The highest BCUT2D eigenvalue weighted by atomic mass is 32.1. The molecule has 4 rings (SSSR count). The van der Waals surface area contributed by atoms with Crippen LogP contribution in [0.15, 0.2) is 12.4 Å². The largest absolute Gasteiger partial charge is 0.345 e. The van der Waals surface area contributed by atoms with Crippen molar-refractivity contribution in [3.8, 4) is 0 Å². The van der Waals surface area contributed by atoms with E-state index in [1.54, 1.807) is 17.7 Å². The van der Waals surface area contributed by atoms with Gasteiger partial charge in [-0.1, -0.05) is 0 Å². The van der Waals surface area contributed by atoms with E-state index in [0.717, 1.165) is 64.2 Å². The van der Waals surface area contributed by atoms with Gasteiger partial charge in [-0.3, -0.25) is 4.79 Å². The van der Waals surface area contributed by atoms with Gasteiger partial charge in [-0.25, -0.2) is 15.0 Å². The number of aryl methyl sites for hydroxylation is 2. The van der Waals surface area contributed by atoms with Crippen LogP contribution in [0.4, 0.5) is 0 Å². The Labute approximate surface area is 138 Å². The third-order valence-corrected chi connectivity index (χ3v) is 5.74. The van der Waals surface area contributed by atoms with E-state index in [4.69, 9.17) is 0 Å². The second kappa shape index (κ2) is 5.53. The molecule has 23 heavy (non-hydrogen) atoms. The molecule has 1 saturated heterocycles. The van der Waals surface area contributed by atoms with Crippen LogP contribution in [0.5, 0.6) is 0 Å². The molecule has 1 aliphatic heterocycles. The number of carbonyl (C=O) groups excluding carboxylic acids is 1. The van der Waals surface area contributed by atoms with Gasteiger partial charge in [0.2, 0.25) is 6.41 Å². The van der Waals surface area contributed by atoms with E-state index in [9.17, 15) is 4.79 Å². The quantitative estimate of drug-likeness (QED) is 0.679. The average Bonchev–Trinajstić information content (AvgIpc) is 2.93. The molecule has 0 spiro atoms. The molecule has 0 atom stereocenters. The number of rotatable bonds is 2. The summed E-state index contributed by atoms with van der Waals surface area (Å²) in [5.41, 5.74) is 4.41. The number of amides is 1. The molecule has 1 fully saturated rings. The molecule has 0 aliphatic carbocycles. The molecule has 3 aromatic heterocycles. The lowest BCUT2D eigenvalue weighted by Gasteiger charge is -2.28. The summed E-state index contributed by atoms with van der Waals surface area (Å²) in [5, 5.41) is 1.16. The van der Waals surface area contributed by atoms with Crippen LogP contribution in [0.3, 0.4) is 0 Å². The summed E-state index contributed by atoms with van der Waals surface area (Å²) < 4.78 is 1.16. The number of hydrogen-bond donors (Lipinski definition) is 0. The van der Waals surface area contributed by atoms with Crippen molar-refractivity contribution in [1.82, 2.24) is 19.9 Å². The van der Waals surface area contributed by atoms with Gasteiger partial charge < -0.3 is 4.90 Å². The average molecular weight is 326 g/mol. The van der Waals surface area contributed by atoms with Crippen LogP contribution >= 0.6 is 11.3 Å². The summed E-state index contributed by atoms with van der Waals surface area (Å²) in [5.74, 6) is 0.395. The lowest BCUT2D eigenvalue weighted by atomic mass is 9.93. The van der Waals surface area contributed by atoms with Gasteiger partial charge in [0.15, 0.2) is 0 Å². The summed E-state index contributed by atoms with van der Waals surface area (Å²) in [6, 6.07) is 2.11. The monoisotopic (exact) mass is 326 g/mol. The Morgan fingerprint density at radius 3 is 2.78 bits per heavy atom. The smallest absolute Gasteiger partial charge is 0.209 e. The van der Waals surface area contributed by atoms with Gasteiger partial charge >= 0.3 is 0 Å². The highest BCUT2D eigenvalue weighted by Crippen LogP contribution is 2.39. The zero-order valence-corrected chi connectivity index (χ0v) is 14.1. The Morgan fingerprint density at radius 1 is 1.26 bits per heavy atom. The minimum absolute atomic E-state index is 0.395. The Bertz CT molecular complexity index is 896. The van der Waals surface area contributed by atoms with E-state index in [1.807, 2.05) is 11.8 Å². The van der Waals surface area contributed by atoms with Crippen LogP contribution < -0.4 is 0 Å². The predicted octanol–water partition coefficient (Wildman–Crippen LogP) is 3.19. The van der Waals surface area contributed by atoms with Gasteiger partial charge in [-0.05, 0) is 38.3 Å². The standard InChI is InChI=1S/C17H18N4OS/c1-10-7-11(2)20-17-13(10)15-16(23-17)14(18-8-19-15)12-3-5-21(9-22)6-4-12/h7-9,12H,3-6H2,1-2H3. The lowest BCUT2D eigenvalue weighted by molar-refractivity contribution is -0.119. The van der Waals surface area contributed by atoms with Crippen LogP contribution in [0.25, 0.3) is 20.4 Å². The molecule has 5 nitrogen and oxygen atoms in total. The fourth-order valence-corrected chi connectivity index (χ4v) is 4.81. The minimum Gasteiger partial charge on any atom is -0.345 e. The van der Waals surface area contributed by atoms with Crippen molar-refractivity contribution in [2.75, 3.05) is 13.1 Å². The van der Waals surface area contributed by atoms with Crippen LogP contribution in [0, 0.1) is 13.8 Å². The van der Waals surface area contributed by atoms with E-state index in [1.165, 1.54) is 5.56 Å². The number of pyridine rings is 1. The molecule has 1 amide bonds. The van der Waals surface area contributed by atoms with Gasteiger partial charge in [0.25, 0.3) is 0 Å². The van der Waals surface area contributed by atoms with E-state index >= 15 is 0 Å². The number of likely N-dealkylation sites (tertiary alicyclic amines) is 1. The molecule has 4 heterocycles. The third-order valence-electron chi connectivity index (χ3n) is 4.64. The van der Waals surface area contributed by atoms with Crippen LogP contribution in [0.2, 0.25) is 0 Å². The summed E-state index contributed by atoms with van der Waals surface area (Å²) in [6.45, 7) is 5.76. The molecule has 3 aromatic rings. The fourth-order valence-electron chi connectivity index (χ4n) is 3.50. The number of fused-ring (bicyclic) bond motifs is 3. The first-order valence-electron chi connectivity index (χ1n) is 7.88. The van der Waals surface area contributed by atoms with Crippen LogP contribution in [-0.2, 0) is 4.79 Å². The summed E-state index contributed by atoms with van der Waals surface area (Å²) in [6.07, 6.45) is 4.55. The van der Waals surface area contributed by atoms with Gasteiger partial charge in [0.1, 0.15) is 11.2 Å². The molecular formula is C17H18N4OS. The molecule has 0 bridgehead atoms. The van der Waals surface area contributed by atoms with Gasteiger partial charge in [0.05, 0.1) is 15.9 Å². The Balaban J connectivity index is 1.85. The predicted molar refractivity (Wildman–Crippen MR) is 91.8 cm³/mol. The zero-order chi connectivity index (χ0) is 16.0. The molecule has 118 valence electrons. The Kier molecular flexibility index (Phi) is 3.49. The maximum absolute atomic E-state index is 10.9. The number of carbonyl (C=O) groups is 1. The number of aromatic nitrogens is 3. The highest BCUT2D eigenvalue weighted by Gasteiger charge is 2.24. The van der Waals surface area contributed by atoms with Crippen LogP contribution in [-0.4, -0.2) is 39.4 Å². The van der Waals surface area contributed by atoms with E-state index in [-0.39, 0.29) is 0 Å². The molecule has 0 N–H and O–H groups in total. The van der Waals surface area contributed by atoms with Crippen molar-refractivity contribution >= 4 is 38.2 Å². The first-order valence-corrected chi connectivity index (χ1v) is 8.69. The molecular weight excluding hydrogens is 308 g/mol. The lowest BCUT2D eigenvalue weighted by Crippen LogP contribution is -2.31. The van der Waals surface area contributed by atoms with E-state index < -0.39 is 0 Å². The van der Waals surface area contributed by atoms with Crippen molar-refractivity contribution < 1.29 is 4.79 Å². The SMILES string of the molecule is Cc1cc(C)c2c(n1)sc1c(C3CCN(C=O)CC3)ncnc12. The summed E-state index contributed by atoms with van der Waals surface area (Å²) >= 11 is 1.70. The maximum Gasteiger partial charge on any atom is 0.209 e. The first kappa shape index (κ1) is 14.5. The normalized spacial score (nSPS) is 16.3. The summed E-state index contributed by atoms with van der Waals surface area (Å²) in [7, 11) is 0. The fraction of sp³-hybridized carbons (Fsp3) is 0.412. The molecule has 1 aliphatic rings. The third kappa shape index (κ3) is 2.37.